The van der Waals surface area contributed by atoms with Gasteiger partial charge in [-0.15, -0.1) is 0 Å². The van der Waals surface area contributed by atoms with Crippen LogP contribution in [-0.2, 0) is 0 Å². The Morgan fingerprint density at radius 3 is 2.79 bits per heavy atom. The van der Waals surface area contributed by atoms with Crippen LogP contribution in [0.1, 0.15) is 0 Å². The number of aromatic nitrogens is 1. The molecule has 2 rings (SSSR count). The van der Waals surface area contributed by atoms with Crippen molar-refractivity contribution in [3.05, 3.63) is 33.9 Å². The third-order valence-corrected chi connectivity index (χ3v) is 3.84. The van der Waals surface area contributed by atoms with Gasteiger partial charge in [-0.2, -0.15) is 0 Å². The van der Waals surface area contributed by atoms with Gasteiger partial charge in [0.1, 0.15) is 0 Å². The van der Waals surface area contributed by atoms with E-state index >= 15 is 0 Å². The van der Waals surface area contributed by atoms with Crippen molar-refractivity contribution in [1.29, 1.82) is 0 Å². The lowest BCUT2D eigenvalue weighted by atomic mass is 10.2. The van der Waals surface area contributed by atoms with E-state index in [1.807, 2.05) is 18.2 Å². The highest BCUT2D eigenvalue weighted by Gasteiger charge is 2.04. The lowest BCUT2D eigenvalue weighted by molar-refractivity contribution is 1.42. The van der Waals surface area contributed by atoms with Gasteiger partial charge in [0.2, 0.25) is 0 Å². The second-order valence-corrected chi connectivity index (χ2v) is 5.02. The fraction of sp³-hybridized carbons (Fsp3) is 0. The molecule has 0 bridgehead atoms. The second kappa shape index (κ2) is 3.88. The molecule has 14 heavy (non-hydrogen) atoms. The molecule has 2 N–H and O–H groups in total. The number of hydrogen-bond acceptors (Lipinski definition) is 3. The van der Waals surface area contributed by atoms with Gasteiger partial charge in [0.15, 0.2) is 5.13 Å². The average molecular weight is 290 g/mol. The van der Waals surface area contributed by atoms with Crippen LogP contribution < -0.4 is 5.73 Å². The van der Waals surface area contributed by atoms with Crippen LogP contribution >= 0.6 is 38.9 Å². The molecule has 5 heteroatoms. The number of nitrogens with zero attached hydrogens (tertiary/aromatic N) is 1. The average Bonchev–Trinajstić information content (AvgIpc) is 2.57. The topological polar surface area (TPSA) is 38.9 Å². The van der Waals surface area contributed by atoms with E-state index in [2.05, 4.69) is 20.9 Å². The smallest absolute Gasteiger partial charge is 0.180 e. The Morgan fingerprint density at radius 1 is 1.43 bits per heavy atom. The summed E-state index contributed by atoms with van der Waals surface area (Å²) >= 11 is 10.8. The molecule has 0 aliphatic carbocycles. The molecule has 0 atom stereocenters. The van der Waals surface area contributed by atoms with Crippen molar-refractivity contribution in [2.45, 2.75) is 0 Å². The zero-order valence-electron chi connectivity index (χ0n) is 7.00. The molecule has 1 aromatic carbocycles. The Balaban J connectivity index is 2.47. The van der Waals surface area contributed by atoms with Gasteiger partial charge >= 0.3 is 0 Å². The molecule has 0 unspecified atom stereocenters. The third-order valence-electron chi connectivity index (χ3n) is 1.73. The number of nitrogens with two attached hydrogens (primary N) is 1. The number of benzene rings is 1. The Kier molecular flexibility index (Phi) is 2.76. The number of rotatable bonds is 1. The summed E-state index contributed by atoms with van der Waals surface area (Å²) in [4.78, 5) is 5.01. The Morgan fingerprint density at radius 2 is 2.21 bits per heavy atom. The van der Waals surface area contributed by atoms with Gasteiger partial charge in [-0.25, -0.2) is 4.98 Å². The summed E-state index contributed by atoms with van der Waals surface area (Å²) in [5.41, 5.74) is 6.58. The Bertz CT molecular complexity index is 470. The van der Waals surface area contributed by atoms with E-state index in [0.29, 0.717) is 10.2 Å². The van der Waals surface area contributed by atoms with Crippen molar-refractivity contribution in [2.24, 2.45) is 0 Å². The number of anilines is 1. The summed E-state index contributed by atoms with van der Waals surface area (Å²) in [6.07, 6.45) is 1.75. The largest absolute Gasteiger partial charge is 0.375 e. The lowest BCUT2D eigenvalue weighted by Crippen LogP contribution is -1.77. The Hall–Kier alpha value is -0.580. The highest BCUT2D eigenvalue weighted by Crippen LogP contribution is 2.32. The van der Waals surface area contributed by atoms with Gasteiger partial charge in [0, 0.05) is 10.7 Å². The minimum atomic E-state index is 0.569. The maximum atomic E-state index is 5.98. The van der Waals surface area contributed by atoms with Gasteiger partial charge in [0.05, 0.1) is 9.90 Å². The van der Waals surface area contributed by atoms with Crippen LogP contribution in [0.2, 0.25) is 5.02 Å². The first-order chi connectivity index (χ1) is 6.66. The van der Waals surface area contributed by atoms with Crippen LogP contribution in [0.3, 0.4) is 0 Å². The summed E-state index contributed by atoms with van der Waals surface area (Å²) in [7, 11) is 0. The first-order valence-electron chi connectivity index (χ1n) is 3.83. The molecule has 0 radical (unpaired) electrons. The fourth-order valence-electron chi connectivity index (χ4n) is 1.07. The van der Waals surface area contributed by atoms with Crippen LogP contribution in [0, 0.1) is 0 Å². The highest BCUT2D eigenvalue weighted by atomic mass is 79.9. The second-order valence-electron chi connectivity index (χ2n) is 2.69. The zero-order valence-corrected chi connectivity index (χ0v) is 10.2. The molecule has 0 saturated carbocycles. The zero-order chi connectivity index (χ0) is 10.1. The van der Waals surface area contributed by atoms with Gasteiger partial charge in [-0.05, 0) is 33.6 Å². The van der Waals surface area contributed by atoms with Crippen LogP contribution in [0.5, 0.6) is 0 Å². The molecular formula is C9H6BrClN2S. The maximum Gasteiger partial charge on any atom is 0.180 e. The molecule has 0 aliphatic rings. The van der Waals surface area contributed by atoms with E-state index in [0.717, 1.165) is 14.9 Å². The minimum Gasteiger partial charge on any atom is -0.375 e. The molecule has 72 valence electrons. The fourth-order valence-corrected chi connectivity index (χ4v) is 2.18. The molecule has 2 aromatic rings. The summed E-state index contributed by atoms with van der Waals surface area (Å²) in [5, 5.41) is 1.26. The summed E-state index contributed by atoms with van der Waals surface area (Å²) < 4.78 is 0.889. The molecule has 1 heterocycles. The molecular weight excluding hydrogens is 284 g/mol. The summed E-state index contributed by atoms with van der Waals surface area (Å²) in [6.45, 7) is 0. The molecule has 0 amide bonds. The van der Waals surface area contributed by atoms with E-state index in [9.17, 15) is 0 Å². The van der Waals surface area contributed by atoms with Gasteiger partial charge in [-0.1, -0.05) is 29.0 Å². The van der Waals surface area contributed by atoms with Gasteiger partial charge in [-0.3, -0.25) is 0 Å². The highest BCUT2D eigenvalue weighted by molar-refractivity contribution is 9.10. The van der Waals surface area contributed by atoms with Crippen molar-refractivity contribution in [3.63, 3.8) is 0 Å². The van der Waals surface area contributed by atoms with Crippen molar-refractivity contribution in [2.75, 3.05) is 5.73 Å². The monoisotopic (exact) mass is 288 g/mol. The third kappa shape index (κ3) is 1.92. The summed E-state index contributed by atoms with van der Waals surface area (Å²) in [6, 6.07) is 5.77. The quantitative estimate of drug-likeness (QED) is 0.867. The molecule has 0 fully saturated rings. The van der Waals surface area contributed by atoms with Crippen molar-refractivity contribution in [3.8, 4) is 10.4 Å². The van der Waals surface area contributed by atoms with E-state index in [-0.39, 0.29) is 0 Å². The number of thiazole rings is 1. The normalized spacial score (nSPS) is 10.4. The van der Waals surface area contributed by atoms with Crippen LogP contribution in [-0.4, -0.2) is 4.98 Å². The predicted octanol–water partition coefficient (Wildman–Crippen LogP) is 3.81. The number of halogens is 2. The predicted molar refractivity (Wildman–Crippen MR) is 64.7 cm³/mol. The van der Waals surface area contributed by atoms with E-state index in [1.54, 1.807) is 6.20 Å². The van der Waals surface area contributed by atoms with Gasteiger partial charge < -0.3 is 5.73 Å². The van der Waals surface area contributed by atoms with Crippen molar-refractivity contribution in [1.82, 2.24) is 4.98 Å². The van der Waals surface area contributed by atoms with Crippen LogP contribution in [0.15, 0.2) is 28.9 Å². The summed E-state index contributed by atoms with van der Waals surface area (Å²) in [5.74, 6) is 0. The van der Waals surface area contributed by atoms with Crippen LogP contribution in [0.4, 0.5) is 5.13 Å². The van der Waals surface area contributed by atoms with Gasteiger partial charge in [0.25, 0.3) is 0 Å². The minimum absolute atomic E-state index is 0.569. The molecule has 1 aromatic heterocycles. The number of hydrogen-bond donors (Lipinski definition) is 1. The first kappa shape index (κ1) is 9.96. The standard InChI is InChI=1S/C9H6BrClN2S/c10-6-2-1-5(3-7(6)11)8-4-13-9(12)14-8/h1-4H,(H2,12,13). The van der Waals surface area contributed by atoms with Crippen LogP contribution in [0.25, 0.3) is 10.4 Å². The first-order valence-corrected chi connectivity index (χ1v) is 5.82. The van der Waals surface area contributed by atoms with E-state index in [4.69, 9.17) is 17.3 Å². The maximum absolute atomic E-state index is 5.98. The van der Waals surface area contributed by atoms with Crippen molar-refractivity contribution >= 4 is 44.0 Å². The van der Waals surface area contributed by atoms with Crippen molar-refractivity contribution < 1.29 is 0 Å². The Labute approximate surface area is 98.9 Å². The van der Waals surface area contributed by atoms with E-state index < -0.39 is 0 Å². The van der Waals surface area contributed by atoms with E-state index in [1.165, 1.54) is 11.3 Å². The molecule has 0 saturated heterocycles. The molecule has 0 spiro atoms. The molecule has 2 nitrogen and oxygen atoms in total. The SMILES string of the molecule is Nc1ncc(-c2ccc(Br)c(Cl)c2)s1. The lowest BCUT2D eigenvalue weighted by Gasteiger charge is -1.99. The number of nitrogen functional groups attached to an aromatic ring is 1. The molecule has 0 aliphatic heterocycles.